The number of carbonyl (C=O) groups is 1. The summed E-state index contributed by atoms with van der Waals surface area (Å²) in [6.45, 7) is 2.05. The van der Waals surface area contributed by atoms with Crippen molar-refractivity contribution in [2.75, 3.05) is 0 Å². The molecule has 0 aliphatic heterocycles. The Labute approximate surface area is 111 Å². The molecule has 0 radical (unpaired) electrons. The van der Waals surface area contributed by atoms with Crippen molar-refractivity contribution in [3.8, 4) is 0 Å². The molecule has 0 bridgehead atoms. The zero-order chi connectivity index (χ0) is 12.5. The molecule has 1 aliphatic rings. The molecule has 1 nitrogen and oxygen atoms in total. The van der Waals surface area contributed by atoms with Crippen LogP contribution in [0.15, 0.2) is 35.7 Å². The highest BCUT2D eigenvalue weighted by molar-refractivity contribution is 7.10. The molecular weight excluding hydrogens is 240 g/mol. The van der Waals surface area contributed by atoms with Gasteiger partial charge in [-0.15, -0.1) is 11.3 Å². The van der Waals surface area contributed by atoms with Gasteiger partial charge in [0.2, 0.25) is 0 Å². The van der Waals surface area contributed by atoms with E-state index in [1.807, 2.05) is 11.4 Å². The maximum atomic E-state index is 12.4. The maximum Gasteiger partial charge on any atom is 0.167 e. The van der Waals surface area contributed by atoms with Crippen molar-refractivity contribution in [1.82, 2.24) is 0 Å². The Morgan fingerprint density at radius 1 is 1.28 bits per heavy atom. The third-order valence-corrected chi connectivity index (χ3v) is 4.59. The SMILES string of the molecule is Cc1cc(C(=O)C2CCc3ccccc3C2)cs1. The number of ketones is 1. The van der Waals surface area contributed by atoms with Gasteiger partial charge in [0.25, 0.3) is 0 Å². The number of rotatable bonds is 2. The molecule has 1 aromatic heterocycles. The lowest BCUT2D eigenvalue weighted by molar-refractivity contribution is 0.0909. The summed E-state index contributed by atoms with van der Waals surface area (Å²) in [5, 5.41) is 2.00. The van der Waals surface area contributed by atoms with E-state index in [4.69, 9.17) is 0 Å². The van der Waals surface area contributed by atoms with Gasteiger partial charge < -0.3 is 0 Å². The van der Waals surface area contributed by atoms with Gasteiger partial charge in [-0.1, -0.05) is 24.3 Å². The van der Waals surface area contributed by atoms with E-state index < -0.39 is 0 Å². The van der Waals surface area contributed by atoms with Gasteiger partial charge in [0.15, 0.2) is 5.78 Å². The van der Waals surface area contributed by atoms with Gasteiger partial charge >= 0.3 is 0 Å². The van der Waals surface area contributed by atoms with E-state index in [2.05, 4.69) is 31.2 Å². The zero-order valence-electron chi connectivity index (χ0n) is 10.5. The first-order chi connectivity index (χ1) is 8.74. The minimum atomic E-state index is 0.175. The van der Waals surface area contributed by atoms with E-state index in [-0.39, 0.29) is 5.92 Å². The van der Waals surface area contributed by atoms with Crippen LogP contribution < -0.4 is 0 Å². The Balaban J connectivity index is 1.82. The third-order valence-electron chi connectivity index (χ3n) is 3.73. The van der Waals surface area contributed by atoms with E-state index >= 15 is 0 Å². The van der Waals surface area contributed by atoms with Crippen LogP contribution in [0.4, 0.5) is 0 Å². The highest BCUT2D eigenvalue weighted by Crippen LogP contribution is 2.28. The van der Waals surface area contributed by atoms with Crippen LogP contribution in [0.1, 0.15) is 32.8 Å². The molecule has 2 heteroatoms. The normalized spacial score (nSPS) is 18.4. The Kier molecular flexibility index (Phi) is 3.04. The monoisotopic (exact) mass is 256 g/mol. The number of aryl methyl sites for hydroxylation is 2. The molecule has 1 aromatic carbocycles. The smallest absolute Gasteiger partial charge is 0.167 e. The molecule has 92 valence electrons. The van der Waals surface area contributed by atoms with Crippen LogP contribution in [-0.4, -0.2) is 5.78 Å². The molecule has 0 saturated carbocycles. The lowest BCUT2D eigenvalue weighted by Gasteiger charge is -2.23. The summed E-state index contributed by atoms with van der Waals surface area (Å²) < 4.78 is 0. The van der Waals surface area contributed by atoms with Crippen molar-refractivity contribution in [3.05, 3.63) is 57.3 Å². The molecule has 1 aliphatic carbocycles. The number of hydrogen-bond acceptors (Lipinski definition) is 2. The van der Waals surface area contributed by atoms with Crippen molar-refractivity contribution in [2.45, 2.75) is 26.2 Å². The Morgan fingerprint density at radius 2 is 2.06 bits per heavy atom. The van der Waals surface area contributed by atoms with E-state index in [1.165, 1.54) is 16.0 Å². The summed E-state index contributed by atoms with van der Waals surface area (Å²) in [4.78, 5) is 13.6. The predicted molar refractivity (Wildman–Crippen MR) is 75.3 cm³/mol. The lowest BCUT2D eigenvalue weighted by atomic mass is 9.80. The molecule has 1 atom stereocenters. The fourth-order valence-electron chi connectivity index (χ4n) is 2.73. The van der Waals surface area contributed by atoms with Crippen molar-refractivity contribution < 1.29 is 4.79 Å². The molecule has 2 aromatic rings. The standard InChI is InChI=1S/C16H16OS/c1-11-8-15(10-18-11)16(17)14-7-6-12-4-2-3-5-13(12)9-14/h2-5,8,10,14H,6-7,9H2,1H3. The van der Waals surface area contributed by atoms with Crippen molar-refractivity contribution in [1.29, 1.82) is 0 Å². The van der Waals surface area contributed by atoms with Gasteiger partial charge in [-0.2, -0.15) is 0 Å². The van der Waals surface area contributed by atoms with E-state index in [9.17, 15) is 4.79 Å². The lowest BCUT2D eigenvalue weighted by Crippen LogP contribution is -2.22. The highest BCUT2D eigenvalue weighted by atomic mass is 32.1. The molecule has 0 spiro atoms. The van der Waals surface area contributed by atoms with Crippen LogP contribution >= 0.6 is 11.3 Å². The second-order valence-corrected chi connectivity index (χ2v) is 6.13. The predicted octanol–water partition coefficient (Wildman–Crippen LogP) is 4.04. The number of carbonyl (C=O) groups excluding carboxylic acids is 1. The molecule has 0 saturated heterocycles. The molecule has 0 N–H and O–H groups in total. The molecule has 1 unspecified atom stereocenters. The number of thiophene rings is 1. The van der Waals surface area contributed by atoms with Gasteiger partial charge in [0.05, 0.1) is 0 Å². The van der Waals surface area contributed by atoms with Crippen LogP contribution in [0, 0.1) is 12.8 Å². The van der Waals surface area contributed by atoms with Gasteiger partial charge in [0.1, 0.15) is 0 Å². The Hall–Kier alpha value is -1.41. The van der Waals surface area contributed by atoms with Crippen LogP contribution in [0.3, 0.4) is 0 Å². The summed E-state index contributed by atoms with van der Waals surface area (Å²) in [5.41, 5.74) is 3.68. The van der Waals surface area contributed by atoms with Crippen molar-refractivity contribution in [3.63, 3.8) is 0 Å². The van der Waals surface area contributed by atoms with E-state index in [0.717, 1.165) is 24.8 Å². The average molecular weight is 256 g/mol. The summed E-state index contributed by atoms with van der Waals surface area (Å²) in [6.07, 6.45) is 2.93. The fourth-order valence-corrected chi connectivity index (χ4v) is 3.42. The summed E-state index contributed by atoms with van der Waals surface area (Å²) >= 11 is 1.66. The van der Waals surface area contributed by atoms with Gasteiger partial charge in [0, 0.05) is 21.7 Å². The minimum absolute atomic E-state index is 0.175. The summed E-state index contributed by atoms with van der Waals surface area (Å²) in [6, 6.07) is 10.5. The molecule has 0 amide bonds. The first kappa shape index (κ1) is 11.7. The molecular formula is C16H16OS. The van der Waals surface area contributed by atoms with E-state index in [1.54, 1.807) is 11.3 Å². The number of hydrogen-bond donors (Lipinski definition) is 0. The van der Waals surface area contributed by atoms with E-state index in [0.29, 0.717) is 5.78 Å². The summed E-state index contributed by atoms with van der Waals surface area (Å²) in [5.74, 6) is 0.503. The highest BCUT2D eigenvalue weighted by Gasteiger charge is 2.25. The fraction of sp³-hybridized carbons (Fsp3) is 0.312. The van der Waals surface area contributed by atoms with Gasteiger partial charge in [-0.25, -0.2) is 0 Å². The van der Waals surface area contributed by atoms with Gasteiger partial charge in [-0.3, -0.25) is 4.79 Å². The quantitative estimate of drug-likeness (QED) is 0.741. The molecule has 18 heavy (non-hydrogen) atoms. The second-order valence-electron chi connectivity index (χ2n) is 5.02. The Morgan fingerprint density at radius 3 is 2.78 bits per heavy atom. The van der Waals surface area contributed by atoms with Crippen LogP contribution in [0.25, 0.3) is 0 Å². The van der Waals surface area contributed by atoms with Gasteiger partial charge in [-0.05, 0) is 43.4 Å². The summed E-state index contributed by atoms with van der Waals surface area (Å²) in [7, 11) is 0. The molecule has 1 heterocycles. The largest absolute Gasteiger partial charge is 0.294 e. The minimum Gasteiger partial charge on any atom is -0.294 e. The van der Waals surface area contributed by atoms with Crippen LogP contribution in [0.5, 0.6) is 0 Å². The molecule has 3 rings (SSSR count). The van der Waals surface area contributed by atoms with Crippen molar-refractivity contribution >= 4 is 17.1 Å². The maximum absolute atomic E-state index is 12.4. The topological polar surface area (TPSA) is 17.1 Å². The first-order valence-electron chi connectivity index (χ1n) is 6.40. The number of Topliss-reactive ketones (excluding diaryl/α,β-unsaturated/α-hetero) is 1. The first-order valence-corrected chi connectivity index (χ1v) is 7.28. The van der Waals surface area contributed by atoms with Crippen LogP contribution in [-0.2, 0) is 12.8 Å². The third kappa shape index (κ3) is 2.13. The van der Waals surface area contributed by atoms with Crippen LogP contribution in [0.2, 0.25) is 0 Å². The second kappa shape index (κ2) is 4.69. The average Bonchev–Trinajstić information content (AvgIpc) is 2.84. The Bertz CT molecular complexity index is 582. The molecule has 0 fully saturated rings. The van der Waals surface area contributed by atoms with Crippen molar-refractivity contribution in [2.24, 2.45) is 5.92 Å². The number of benzene rings is 1. The number of fused-ring (bicyclic) bond motifs is 1. The zero-order valence-corrected chi connectivity index (χ0v) is 11.3.